The second kappa shape index (κ2) is 4.58. The molecule has 0 saturated heterocycles. The van der Waals surface area contributed by atoms with E-state index < -0.39 is 0 Å². The molecule has 1 N–H and O–H groups in total. The van der Waals surface area contributed by atoms with Crippen molar-refractivity contribution in [3.8, 4) is 0 Å². The fourth-order valence-electron chi connectivity index (χ4n) is 6.69. The van der Waals surface area contributed by atoms with Gasteiger partial charge in [-0.1, -0.05) is 6.92 Å². The van der Waals surface area contributed by atoms with Crippen LogP contribution in [0.4, 0.5) is 0 Å². The molecule has 1 aromatic heterocycles. The highest BCUT2D eigenvalue weighted by Gasteiger charge is 2.58. The van der Waals surface area contributed by atoms with Crippen LogP contribution in [0.15, 0.2) is 12.4 Å². The van der Waals surface area contributed by atoms with E-state index >= 15 is 0 Å². The third-order valence-electron chi connectivity index (χ3n) is 6.65. The molecule has 4 aliphatic rings. The van der Waals surface area contributed by atoms with Gasteiger partial charge in [0.1, 0.15) is 5.82 Å². The average Bonchev–Trinajstić information content (AvgIpc) is 2.84. The Morgan fingerprint density at radius 1 is 1.33 bits per heavy atom. The molecule has 1 heterocycles. The quantitative estimate of drug-likeness (QED) is 0.913. The van der Waals surface area contributed by atoms with Crippen molar-refractivity contribution in [1.29, 1.82) is 0 Å². The van der Waals surface area contributed by atoms with E-state index in [1.165, 1.54) is 44.3 Å². The largest absolute Gasteiger partial charge is 0.334 e. The summed E-state index contributed by atoms with van der Waals surface area (Å²) in [5.74, 6) is 3.21. The fourth-order valence-corrected chi connectivity index (χ4v) is 6.69. The minimum Gasteiger partial charge on any atom is -0.334 e. The van der Waals surface area contributed by atoms with Crippen molar-refractivity contribution in [3.05, 3.63) is 18.2 Å². The van der Waals surface area contributed by atoms with Crippen molar-refractivity contribution in [2.45, 2.75) is 65.0 Å². The lowest BCUT2D eigenvalue weighted by Gasteiger charge is -2.63. The summed E-state index contributed by atoms with van der Waals surface area (Å²) in [5.41, 5.74) is 1.05. The molecule has 3 unspecified atom stereocenters. The lowest BCUT2D eigenvalue weighted by atomic mass is 9.43. The molecule has 4 aliphatic carbocycles. The first-order valence-electron chi connectivity index (χ1n) is 8.76. The topological polar surface area (TPSA) is 29.9 Å². The molecule has 4 fully saturated rings. The summed E-state index contributed by atoms with van der Waals surface area (Å²) in [5, 5.41) is 3.67. The monoisotopic (exact) mass is 287 g/mol. The molecule has 0 radical (unpaired) electrons. The number of aromatic nitrogens is 2. The van der Waals surface area contributed by atoms with Crippen LogP contribution in [0.25, 0.3) is 0 Å². The third kappa shape index (κ3) is 2.00. The molecule has 0 aromatic carbocycles. The average molecular weight is 287 g/mol. The summed E-state index contributed by atoms with van der Waals surface area (Å²) >= 11 is 0. The summed E-state index contributed by atoms with van der Waals surface area (Å²) in [6.45, 7) is 5.80. The van der Waals surface area contributed by atoms with Crippen LogP contribution < -0.4 is 5.32 Å². The van der Waals surface area contributed by atoms with E-state index in [-0.39, 0.29) is 0 Å². The molecule has 4 saturated carbocycles. The maximum absolute atomic E-state index is 4.74. The van der Waals surface area contributed by atoms with Gasteiger partial charge in [0.2, 0.25) is 0 Å². The van der Waals surface area contributed by atoms with Gasteiger partial charge < -0.3 is 9.88 Å². The van der Waals surface area contributed by atoms with Crippen molar-refractivity contribution in [3.63, 3.8) is 0 Å². The first-order chi connectivity index (χ1) is 10.1. The highest BCUT2D eigenvalue weighted by Crippen LogP contribution is 2.68. The molecule has 4 bridgehead atoms. The Kier molecular flexibility index (Phi) is 3.01. The van der Waals surface area contributed by atoms with Crippen LogP contribution in [0.5, 0.6) is 0 Å². The maximum atomic E-state index is 4.74. The van der Waals surface area contributed by atoms with E-state index in [2.05, 4.69) is 37.0 Å². The molecule has 3 nitrogen and oxygen atoms in total. The highest BCUT2D eigenvalue weighted by molar-refractivity contribution is 5.15. The van der Waals surface area contributed by atoms with Gasteiger partial charge in [0.25, 0.3) is 0 Å². The molecular formula is C18H29N3. The van der Waals surface area contributed by atoms with E-state index in [1.54, 1.807) is 0 Å². The van der Waals surface area contributed by atoms with Crippen LogP contribution in [0.2, 0.25) is 0 Å². The molecule has 3 heteroatoms. The second-order valence-electron chi connectivity index (χ2n) is 8.43. The SMILES string of the molecule is CCn1ccnc1C(NC)C12CC3CC(CC(C)(C3)C1)C2. The van der Waals surface area contributed by atoms with Gasteiger partial charge in [-0.2, -0.15) is 0 Å². The molecule has 5 rings (SSSR count). The van der Waals surface area contributed by atoms with Gasteiger partial charge in [0.05, 0.1) is 6.04 Å². The Labute approximate surface area is 128 Å². The summed E-state index contributed by atoms with van der Waals surface area (Å²) < 4.78 is 2.34. The summed E-state index contributed by atoms with van der Waals surface area (Å²) in [6, 6.07) is 0.428. The molecule has 0 amide bonds. The summed E-state index contributed by atoms with van der Waals surface area (Å²) in [4.78, 5) is 4.74. The van der Waals surface area contributed by atoms with Gasteiger partial charge in [-0.3, -0.25) is 0 Å². The number of hydrogen-bond donors (Lipinski definition) is 1. The van der Waals surface area contributed by atoms with Crippen LogP contribution in [-0.2, 0) is 6.54 Å². The summed E-state index contributed by atoms with van der Waals surface area (Å²) in [7, 11) is 2.14. The van der Waals surface area contributed by atoms with E-state index in [1.807, 2.05) is 6.20 Å². The molecular weight excluding hydrogens is 258 g/mol. The fraction of sp³-hybridized carbons (Fsp3) is 0.833. The van der Waals surface area contributed by atoms with Crippen molar-refractivity contribution in [2.75, 3.05) is 7.05 Å². The van der Waals surface area contributed by atoms with Crippen molar-refractivity contribution in [1.82, 2.24) is 14.9 Å². The Hall–Kier alpha value is -0.830. The number of nitrogens with one attached hydrogen (secondary N) is 1. The van der Waals surface area contributed by atoms with E-state index in [0.717, 1.165) is 18.4 Å². The first kappa shape index (κ1) is 13.8. The van der Waals surface area contributed by atoms with Crippen molar-refractivity contribution < 1.29 is 0 Å². The highest BCUT2D eigenvalue weighted by atomic mass is 15.1. The number of imidazole rings is 1. The van der Waals surface area contributed by atoms with Gasteiger partial charge in [0.15, 0.2) is 0 Å². The van der Waals surface area contributed by atoms with Gasteiger partial charge in [-0.25, -0.2) is 4.98 Å². The minimum absolute atomic E-state index is 0.428. The zero-order chi connectivity index (χ0) is 14.7. The first-order valence-corrected chi connectivity index (χ1v) is 8.76. The van der Waals surface area contributed by atoms with Crippen LogP contribution in [-0.4, -0.2) is 16.6 Å². The number of rotatable bonds is 4. The predicted molar refractivity (Wildman–Crippen MR) is 84.9 cm³/mol. The Morgan fingerprint density at radius 2 is 2.05 bits per heavy atom. The van der Waals surface area contributed by atoms with E-state index in [4.69, 9.17) is 4.98 Å². The molecule has 21 heavy (non-hydrogen) atoms. The van der Waals surface area contributed by atoms with Gasteiger partial charge >= 0.3 is 0 Å². The van der Waals surface area contributed by atoms with Crippen molar-refractivity contribution in [2.24, 2.45) is 22.7 Å². The predicted octanol–water partition coefficient (Wildman–Crippen LogP) is 3.77. The van der Waals surface area contributed by atoms with E-state index in [0.29, 0.717) is 16.9 Å². The number of aryl methyl sites for hydroxylation is 1. The normalized spacial score (nSPS) is 42.4. The van der Waals surface area contributed by atoms with Crippen LogP contribution in [0.1, 0.15) is 64.2 Å². The maximum Gasteiger partial charge on any atom is 0.126 e. The second-order valence-corrected chi connectivity index (χ2v) is 8.43. The molecule has 0 spiro atoms. The molecule has 3 atom stereocenters. The zero-order valence-electron chi connectivity index (χ0n) is 13.7. The Morgan fingerprint density at radius 3 is 2.62 bits per heavy atom. The van der Waals surface area contributed by atoms with Crippen LogP contribution in [0, 0.1) is 22.7 Å². The zero-order valence-corrected chi connectivity index (χ0v) is 13.7. The lowest BCUT2D eigenvalue weighted by Crippen LogP contribution is -2.55. The number of nitrogens with zero attached hydrogens (tertiary/aromatic N) is 2. The molecule has 0 aliphatic heterocycles. The van der Waals surface area contributed by atoms with E-state index in [9.17, 15) is 0 Å². The van der Waals surface area contributed by atoms with Crippen molar-refractivity contribution >= 4 is 0 Å². The lowest BCUT2D eigenvalue weighted by molar-refractivity contribution is -0.119. The van der Waals surface area contributed by atoms with Gasteiger partial charge in [0, 0.05) is 18.9 Å². The van der Waals surface area contributed by atoms with Crippen LogP contribution >= 0.6 is 0 Å². The third-order valence-corrected chi connectivity index (χ3v) is 6.65. The smallest absolute Gasteiger partial charge is 0.126 e. The Balaban J connectivity index is 1.73. The minimum atomic E-state index is 0.428. The molecule has 1 aromatic rings. The summed E-state index contributed by atoms with van der Waals surface area (Å²) in [6.07, 6.45) is 12.8. The van der Waals surface area contributed by atoms with Gasteiger partial charge in [-0.15, -0.1) is 0 Å². The van der Waals surface area contributed by atoms with Crippen LogP contribution in [0.3, 0.4) is 0 Å². The van der Waals surface area contributed by atoms with Gasteiger partial charge in [-0.05, 0) is 75.2 Å². The number of hydrogen-bond acceptors (Lipinski definition) is 2. The Bertz CT molecular complexity index is 518. The molecule has 116 valence electrons. The standard InChI is InChI=1S/C18H29N3/c1-4-21-6-5-20-16(21)15(19-3)18-10-13-7-14(11-18)9-17(2,8-13)12-18/h5-6,13-15,19H,4,7-12H2,1-3H3.